The van der Waals surface area contributed by atoms with E-state index in [4.69, 9.17) is 9.47 Å². The Morgan fingerprint density at radius 1 is 0.864 bits per heavy atom. The molecular formula is C15H12N2O5. The van der Waals surface area contributed by atoms with Gasteiger partial charge in [0, 0.05) is 23.8 Å². The number of benzene rings is 2. The van der Waals surface area contributed by atoms with Crippen molar-refractivity contribution in [3.05, 3.63) is 52.4 Å². The second kappa shape index (κ2) is 4.69. The topological polar surface area (TPSA) is 92.6 Å². The fraction of sp³-hybridized carbons (Fsp3) is 0.200. The van der Waals surface area contributed by atoms with Crippen LogP contribution >= 0.6 is 0 Å². The Balaban J connectivity index is 2.02. The van der Waals surface area contributed by atoms with Crippen molar-refractivity contribution >= 4 is 22.1 Å². The maximum Gasteiger partial charge on any atom is 0.294 e. The summed E-state index contributed by atoms with van der Waals surface area (Å²) >= 11 is 0. The van der Waals surface area contributed by atoms with E-state index in [1.165, 1.54) is 18.2 Å². The average molecular weight is 300 g/mol. The summed E-state index contributed by atoms with van der Waals surface area (Å²) in [5.74, 6) is -0.0740. The molecule has 0 bridgehead atoms. The van der Waals surface area contributed by atoms with E-state index in [1.54, 1.807) is 18.2 Å². The molecule has 0 aliphatic carbocycles. The Kier molecular flexibility index (Phi) is 2.78. The van der Waals surface area contributed by atoms with Crippen molar-refractivity contribution in [3.8, 4) is 5.75 Å². The van der Waals surface area contributed by atoms with Gasteiger partial charge in [0.2, 0.25) is 0 Å². The summed E-state index contributed by atoms with van der Waals surface area (Å²) in [5.41, 5.74) is 1.42. The van der Waals surface area contributed by atoms with E-state index in [1.807, 2.05) is 0 Å². The molecule has 0 atom stereocenters. The van der Waals surface area contributed by atoms with E-state index < -0.39 is 6.29 Å². The van der Waals surface area contributed by atoms with Gasteiger partial charge in [0.15, 0.2) is 6.29 Å². The first-order chi connectivity index (χ1) is 10.6. The van der Waals surface area contributed by atoms with Gasteiger partial charge >= 0.3 is 0 Å². The second-order valence-corrected chi connectivity index (χ2v) is 5.08. The van der Waals surface area contributed by atoms with Crippen LogP contribution in [-0.2, 0) is 9.47 Å². The molecule has 7 nitrogen and oxygen atoms in total. The van der Waals surface area contributed by atoms with Crippen molar-refractivity contribution in [3.63, 3.8) is 0 Å². The molecule has 0 saturated carbocycles. The fourth-order valence-electron chi connectivity index (χ4n) is 2.68. The molecule has 1 saturated heterocycles. The van der Waals surface area contributed by atoms with Gasteiger partial charge in [-0.15, -0.1) is 0 Å². The minimum absolute atomic E-state index is 0.0740. The first-order valence-corrected chi connectivity index (χ1v) is 6.80. The number of hydrogen-bond donors (Lipinski definition) is 1. The molecule has 1 aliphatic rings. The average Bonchev–Trinajstić information content (AvgIpc) is 3.06. The van der Waals surface area contributed by atoms with Gasteiger partial charge in [0.1, 0.15) is 5.75 Å². The van der Waals surface area contributed by atoms with Crippen LogP contribution < -0.4 is 9.46 Å². The third kappa shape index (κ3) is 1.83. The molecule has 0 radical (unpaired) electrons. The zero-order valence-electron chi connectivity index (χ0n) is 11.4. The lowest BCUT2D eigenvalue weighted by molar-refractivity contribution is -0.591. The van der Waals surface area contributed by atoms with Crippen LogP contribution in [0, 0.1) is 10.4 Å². The van der Waals surface area contributed by atoms with Gasteiger partial charge in [-0.2, -0.15) is 9.46 Å². The molecule has 0 unspecified atom stereocenters. The van der Waals surface area contributed by atoms with Gasteiger partial charge in [-0.05, 0) is 12.1 Å². The van der Waals surface area contributed by atoms with Crippen molar-refractivity contribution in [2.45, 2.75) is 6.29 Å². The van der Waals surface area contributed by atoms with Crippen LogP contribution in [-0.4, -0.2) is 18.3 Å². The highest BCUT2D eigenvalue weighted by Crippen LogP contribution is 2.25. The van der Waals surface area contributed by atoms with Gasteiger partial charge in [0.05, 0.1) is 19.3 Å². The van der Waals surface area contributed by atoms with Crippen molar-refractivity contribution in [1.82, 2.24) is 0 Å². The van der Waals surface area contributed by atoms with Crippen molar-refractivity contribution in [1.29, 1.82) is 0 Å². The number of nitrogens with zero attached hydrogens (tertiary/aromatic N) is 2. The predicted octanol–water partition coefficient (Wildman–Crippen LogP) is 1.01. The van der Waals surface area contributed by atoms with Crippen LogP contribution in [0.2, 0.25) is 0 Å². The summed E-state index contributed by atoms with van der Waals surface area (Å²) in [6.07, 6.45) is -0.524. The van der Waals surface area contributed by atoms with E-state index in [0.29, 0.717) is 28.2 Å². The fourth-order valence-corrected chi connectivity index (χ4v) is 2.68. The third-order valence-electron chi connectivity index (χ3n) is 3.73. The Labute approximate surface area is 124 Å². The normalized spacial score (nSPS) is 15.8. The number of aromatic nitrogens is 2. The van der Waals surface area contributed by atoms with Gasteiger partial charge in [-0.3, -0.25) is 0 Å². The SMILES string of the molecule is [O-][n+]1c2ccc(O)cc2[n+]([O-])c2cc(C3OCCO3)ccc21. The largest absolute Gasteiger partial charge is 0.617 e. The highest BCUT2D eigenvalue weighted by Gasteiger charge is 2.25. The molecule has 22 heavy (non-hydrogen) atoms. The number of hydrogen-bond acceptors (Lipinski definition) is 5. The van der Waals surface area contributed by atoms with E-state index in [9.17, 15) is 15.5 Å². The van der Waals surface area contributed by atoms with Crippen molar-refractivity contribution in [2.24, 2.45) is 0 Å². The van der Waals surface area contributed by atoms with Crippen LogP contribution in [0.5, 0.6) is 5.75 Å². The minimum atomic E-state index is -0.524. The lowest BCUT2D eigenvalue weighted by Crippen LogP contribution is -2.39. The zero-order chi connectivity index (χ0) is 15.3. The Morgan fingerprint density at radius 3 is 2.18 bits per heavy atom. The summed E-state index contributed by atoms with van der Waals surface area (Å²) in [7, 11) is 0. The first kappa shape index (κ1) is 13.1. The molecule has 0 spiro atoms. The molecule has 0 amide bonds. The molecule has 4 rings (SSSR count). The lowest BCUT2D eigenvalue weighted by atomic mass is 10.1. The molecular weight excluding hydrogens is 288 g/mol. The number of phenolic OH excluding ortho intramolecular Hbond substituents is 1. The highest BCUT2D eigenvalue weighted by molar-refractivity contribution is 5.77. The number of aromatic hydroxyl groups is 1. The standard InChI is InChI=1S/C15H12N2O5/c18-10-2-4-12-14(8-10)17(20)13-7-9(15-21-5-6-22-15)1-3-11(13)16(12)19/h1-4,7-8,15,18H,5-6H2. The van der Waals surface area contributed by atoms with E-state index in [2.05, 4.69) is 0 Å². The smallest absolute Gasteiger partial charge is 0.294 e. The molecule has 1 aromatic heterocycles. The Morgan fingerprint density at radius 2 is 1.45 bits per heavy atom. The van der Waals surface area contributed by atoms with E-state index in [0.717, 1.165) is 0 Å². The Bertz CT molecular complexity index is 890. The third-order valence-corrected chi connectivity index (χ3v) is 3.73. The quantitative estimate of drug-likeness (QED) is 0.411. The summed E-state index contributed by atoms with van der Waals surface area (Å²) in [6.45, 7) is 0.987. The van der Waals surface area contributed by atoms with Gasteiger partial charge in [-0.1, -0.05) is 0 Å². The number of phenols is 1. The predicted molar refractivity (Wildman–Crippen MR) is 75.7 cm³/mol. The number of ether oxygens (including phenoxy) is 2. The molecule has 2 aromatic carbocycles. The summed E-state index contributed by atoms with van der Waals surface area (Å²) in [5, 5.41) is 34.5. The zero-order valence-corrected chi connectivity index (χ0v) is 11.4. The highest BCUT2D eigenvalue weighted by atomic mass is 16.7. The van der Waals surface area contributed by atoms with Gasteiger partial charge < -0.3 is 25.0 Å². The van der Waals surface area contributed by atoms with E-state index in [-0.39, 0.29) is 27.8 Å². The van der Waals surface area contributed by atoms with Crippen LogP contribution in [0.25, 0.3) is 22.1 Å². The molecule has 1 N–H and O–H groups in total. The van der Waals surface area contributed by atoms with Crippen LogP contribution in [0.4, 0.5) is 0 Å². The molecule has 112 valence electrons. The van der Waals surface area contributed by atoms with Crippen molar-refractivity contribution in [2.75, 3.05) is 13.2 Å². The molecule has 1 aliphatic heterocycles. The maximum atomic E-state index is 12.5. The second-order valence-electron chi connectivity index (χ2n) is 5.08. The number of fused-ring (bicyclic) bond motifs is 2. The molecule has 1 fully saturated rings. The van der Waals surface area contributed by atoms with Crippen LogP contribution in [0.15, 0.2) is 36.4 Å². The molecule has 7 heteroatoms. The number of rotatable bonds is 1. The molecule has 3 aromatic rings. The minimum Gasteiger partial charge on any atom is -0.617 e. The van der Waals surface area contributed by atoms with Crippen LogP contribution in [0.3, 0.4) is 0 Å². The summed E-state index contributed by atoms with van der Waals surface area (Å²) < 4.78 is 12.1. The monoisotopic (exact) mass is 300 g/mol. The van der Waals surface area contributed by atoms with Crippen molar-refractivity contribution < 1.29 is 24.0 Å². The maximum absolute atomic E-state index is 12.5. The lowest BCUT2D eigenvalue weighted by Gasteiger charge is -2.11. The van der Waals surface area contributed by atoms with E-state index >= 15 is 0 Å². The van der Waals surface area contributed by atoms with Gasteiger partial charge in [0.25, 0.3) is 22.1 Å². The summed E-state index contributed by atoms with van der Waals surface area (Å²) in [4.78, 5) is 0. The summed E-state index contributed by atoms with van der Waals surface area (Å²) in [6, 6.07) is 8.92. The molecule has 2 heterocycles. The first-order valence-electron chi connectivity index (χ1n) is 6.80. The van der Waals surface area contributed by atoms with Gasteiger partial charge in [-0.25, -0.2) is 0 Å². The van der Waals surface area contributed by atoms with Crippen LogP contribution in [0.1, 0.15) is 11.9 Å². The Hall–Kier alpha value is -2.64.